The van der Waals surface area contributed by atoms with Gasteiger partial charge in [0.2, 0.25) is 0 Å². The van der Waals surface area contributed by atoms with Crippen molar-refractivity contribution in [3.63, 3.8) is 0 Å². The molecule has 7 aromatic rings. The Balaban J connectivity index is 0.000000304. The largest absolute Gasteiger partial charge is 0.384 e. The van der Waals surface area contributed by atoms with Crippen molar-refractivity contribution in [1.82, 2.24) is 39.9 Å². The molecule has 7 aromatic heterocycles. The first-order chi connectivity index (χ1) is 48.4. The first kappa shape index (κ1) is 90.7. The molecule has 2 aliphatic carbocycles. The van der Waals surface area contributed by atoms with Crippen molar-refractivity contribution in [3.05, 3.63) is 244 Å². The SMILES string of the molecule is CC(C)(C)C1=CCC=N1.CC(C)(C)C1=CCN=C1.CC(C)(C)C1=CCc2ncccc21.CC(C)(C)CC1=CCN=C1.CC(C)(C)c1ccccn1.CC(C)(C)c1cccnc1.CC(C)(C)c1cccnc1.CC(C)(C)c1ccnc(N)c1.CC(C)(C)c1ccnc2c1C=CC2.CC(C)(C)c1ncccn1. The number of nitrogens with zero attached hydrogens (tertiary/aromatic N) is 11. The Hall–Kier alpha value is -8.51. The lowest BCUT2D eigenvalue weighted by Gasteiger charge is -2.21. The minimum Gasteiger partial charge on any atom is -0.384 e. The second kappa shape index (κ2) is 40.3. The molecular formula is C93H136N12. The molecule has 5 aliphatic rings. The maximum Gasteiger partial charge on any atom is 0.133 e. The number of aliphatic imine (C=N–C) groups is 3. The van der Waals surface area contributed by atoms with Gasteiger partial charge in [0.25, 0.3) is 0 Å². The molecule has 0 saturated heterocycles. The van der Waals surface area contributed by atoms with Gasteiger partial charge >= 0.3 is 0 Å². The molecule has 12 heteroatoms. The summed E-state index contributed by atoms with van der Waals surface area (Å²) in [7, 11) is 0. The van der Waals surface area contributed by atoms with Crippen molar-refractivity contribution >= 4 is 36.1 Å². The Labute approximate surface area is 638 Å². The van der Waals surface area contributed by atoms with Crippen LogP contribution in [0.5, 0.6) is 0 Å². The van der Waals surface area contributed by atoms with Crippen molar-refractivity contribution in [2.45, 2.75) is 266 Å². The van der Waals surface area contributed by atoms with E-state index < -0.39 is 0 Å². The highest BCUT2D eigenvalue weighted by Gasteiger charge is 2.26. The second-order valence-corrected chi connectivity index (χ2v) is 37.4. The van der Waals surface area contributed by atoms with Crippen molar-refractivity contribution in [2.24, 2.45) is 36.6 Å². The van der Waals surface area contributed by atoms with Crippen LogP contribution >= 0.6 is 0 Å². The molecule has 0 aromatic carbocycles. The van der Waals surface area contributed by atoms with E-state index >= 15 is 0 Å². The van der Waals surface area contributed by atoms with Crippen molar-refractivity contribution < 1.29 is 0 Å². The summed E-state index contributed by atoms with van der Waals surface area (Å²) in [4.78, 5) is 45.8. The Morgan fingerprint density at radius 1 is 0.400 bits per heavy atom. The van der Waals surface area contributed by atoms with Crippen LogP contribution in [-0.2, 0) is 45.3 Å². The average Bonchev–Trinajstić information content (AvgIpc) is 1.70. The van der Waals surface area contributed by atoms with E-state index in [4.69, 9.17) is 5.73 Å². The van der Waals surface area contributed by atoms with Crippen LogP contribution in [0.2, 0.25) is 0 Å². The van der Waals surface area contributed by atoms with Crippen molar-refractivity contribution in [2.75, 3.05) is 18.8 Å². The van der Waals surface area contributed by atoms with Crippen LogP contribution in [0.4, 0.5) is 5.82 Å². The first-order valence-corrected chi connectivity index (χ1v) is 37.5. The van der Waals surface area contributed by atoms with Crippen molar-refractivity contribution in [1.29, 1.82) is 0 Å². The van der Waals surface area contributed by atoms with Gasteiger partial charge < -0.3 is 5.73 Å². The third-order valence-corrected chi connectivity index (χ3v) is 16.7. The predicted octanol–water partition coefficient (Wildman–Crippen LogP) is 23.8. The summed E-state index contributed by atoms with van der Waals surface area (Å²) in [5.41, 5.74) is 24.8. The van der Waals surface area contributed by atoms with Crippen LogP contribution in [-0.4, -0.2) is 71.6 Å². The minimum absolute atomic E-state index is 0.0707. The van der Waals surface area contributed by atoms with Gasteiger partial charge in [0.1, 0.15) is 11.6 Å². The van der Waals surface area contributed by atoms with Crippen molar-refractivity contribution in [3.8, 4) is 0 Å². The summed E-state index contributed by atoms with van der Waals surface area (Å²) in [6.45, 7) is 67.5. The van der Waals surface area contributed by atoms with Crippen LogP contribution in [0.25, 0.3) is 11.6 Å². The van der Waals surface area contributed by atoms with Gasteiger partial charge in [-0.3, -0.25) is 39.9 Å². The lowest BCUT2D eigenvalue weighted by Crippen LogP contribution is -2.14. The van der Waals surface area contributed by atoms with Crippen LogP contribution in [0.3, 0.4) is 0 Å². The summed E-state index contributed by atoms with van der Waals surface area (Å²) < 4.78 is 0. The molecule has 105 heavy (non-hydrogen) atoms. The van der Waals surface area contributed by atoms with Crippen LogP contribution < -0.4 is 5.73 Å². The monoisotopic (exact) mass is 1420 g/mol. The van der Waals surface area contributed by atoms with Gasteiger partial charge in [-0.05, 0) is 149 Å². The molecule has 10 heterocycles. The highest BCUT2D eigenvalue weighted by Crippen LogP contribution is 2.39. The highest BCUT2D eigenvalue weighted by atomic mass is 14.9. The Morgan fingerprint density at radius 2 is 0.943 bits per heavy atom. The third-order valence-electron chi connectivity index (χ3n) is 16.7. The van der Waals surface area contributed by atoms with E-state index in [-0.39, 0.29) is 43.3 Å². The first-order valence-electron chi connectivity index (χ1n) is 37.5. The number of fused-ring (bicyclic) bond motifs is 2. The molecule has 12 rings (SSSR count). The van der Waals surface area contributed by atoms with Gasteiger partial charge in [-0.1, -0.05) is 268 Å². The summed E-state index contributed by atoms with van der Waals surface area (Å²) >= 11 is 0. The Morgan fingerprint density at radius 3 is 1.31 bits per heavy atom. The standard InChI is InChI=1S/2C12H15N.C9H14N2.C9H15N.3C9H13N.C8H12N2.2C8H13N/c1-12(2,3)10-6-7-11-9(10)5-4-8-13-11;1-12(2,3)10-7-8-13-11-6-4-5-9(10)11;1-9(2,3)7-4-5-11-8(10)6-7;1-9(2,3)6-8-4-5-10-7-8;2*1-9(2,3)8-5-4-6-10-7-8;1-9(2,3)8-6-4-5-7-10-8;1-8(2,3)7-9-5-4-6-10-7;1-8(2,3)7-4-5-9-6-7;1-8(2,3)7-5-4-6-9-7/h4-6,8H,7H2,1-3H3;4-5,7-8H,6H2,1-3H3;4-6H,1-3H3,(H2,10,11);4,7H,5-6H2,1-3H3;3*4-7H,1-3H3;4-6H,1-3H3;4,6H,5H2,1-3H3;5-6H,4H2,1-3H3. The molecule has 0 bridgehead atoms. The zero-order valence-corrected chi connectivity index (χ0v) is 70.7. The van der Waals surface area contributed by atoms with Crippen LogP contribution in [0.1, 0.15) is 277 Å². The maximum absolute atomic E-state index is 5.54. The smallest absolute Gasteiger partial charge is 0.133 e. The van der Waals surface area contributed by atoms with Gasteiger partial charge in [-0.15, -0.1) is 0 Å². The van der Waals surface area contributed by atoms with E-state index in [1.165, 1.54) is 67.2 Å². The number of pyridine rings is 6. The van der Waals surface area contributed by atoms with E-state index in [9.17, 15) is 0 Å². The lowest BCUT2D eigenvalue weighted by molar-refractivity contribution is 0.416. The fraction of sp³-hybridized carbons (Fsp3) is 0.495. The molecule has 3 aliphatic heterocycles. The highest BCUT2D eigenvalue weighted by molar-refractivity contribution is 5.82. The zero-order valence-electron chi connectivity index (χ0n) is 70.7. The molecule has 0 fully saturated rings. The maximum atomic E-state index is 5.54. The molecule has 568 valence electrons. The fourth-order valence-electron chi connectivity index (χ4n) is 10.5. The fourth-order valence-corrected chi connectivity index (χ4v) is 10.5. The number of rotatable bonds is 1. The number of hydrogen-bond donors (Lipinski definition) is 1. The number of aromatic nitrogens is 8. The summed E-state index contributed by atoms with van der Waals surface area (Å²) in [5, 5.41) is 0. The van der Waals surface area contributed by atoms with Crippen LogP contribution in [0.15, 0.2) is 203 Å². The summed E-state index contributed by atoms with van der Waals surface area (Å²) in [6.07, 6.45) is 41.7. The predicted molar refractivity (Wildman–Crippen MR) is 455 cm³/mol. The average molecular weight is 1420 g/mol. The molecule has 0 spiro atoms. The van der Waals surface area contributed by atoms with E-state index in [0.717, 1.165) is 50.3 Å². The van der Waals surface area contributed by atoms with Gasteiger partial charge in [-0.25, -0.2) is 15.0 Å². The quantitative estimate of drug-likeness (QED) is 0.168. The second-order valence-electron chi connectivity index (χ2n) is 37.4. The number of hydrogen-bond acceptors (Lipinski definition) is 12. The molecule has 0 saturated carbocycles. The molecular weight excluding hydrogens is 1290 g/mol. The van der Waals surface area contributed by atoms with E-state index in [2.05, 4.69) is 329 Å². The van der Waals surface area contributed by atoms with Gasteiger partial charge in [-0.2, -0.15) is 0 Å². The van der Waals surface area contributed by atoms with E-state index in [1.807, 2.05) is 98.2 Å². The molecule has 0 unspecified atom stereocenters. The molecule has 0 radical (unpaired) electrons. The molecule has 12 nitrogen and oxygen atoms in total. The zero-order chi connectivity index (χ0) is 79.3. The molecule has 2 N–H and O–H groups in total. The number of nitrogens with two attached hydrogens (primary N) is 1. The number of allylic oxidation sites excluding steroid dienone is 7. The lowest BCUT2D eigenvalue weighted by atomic mass is 9.84. The normalized spacial score (nSPS) is 14.2. The van der Waals surface area contributed by atoms with Gasteiger partial charge in [0.15, 0.2) is 0 Å². The van der Waals surface area contributed by atoms with Gasteiger partial charge in [0, 0.05) is 128 Å². The van der Waals surface area contributed by atoms with Gasteiger partial charge in [0.05, 0.1) is 24.5 Å². The summed E-state index contributed by atoms with van der Waals surface area (Å²) in [5.74, 6) is 1.49. The van der Waals surface area contributed by atoms with E-state index in [0.29, 0.717) is 16.6 Å². The third kappa shape index (κ3) is 35.4. The number of anilines is 1. The number of nitrogen functional groups attached to an aromatic ring is 1. The molecule has 0 amide bonds. The minimum atomic E-state index is 0.0707. The topological polar surface area (TPSA) is 166 Å². The Bertz CT molecular complexity index is 3710. The van der Waals surface area contributed by atoms with E-state index in [1.54, 1.807) is 31.0 Å². The summed E-state index contributed by atoms with van der Waals surface area (Å²) in [6, 6.07) is 26.2. The Kier molecular flexibility index (Phi) is 34.8. The molecule has 0 atom stereocenters. The van der Waals surface area contributed by atoms with Crippen LogP contribution in [0, 0.1) is 21.7 Å².